The van der Waals surface area contributed by atoms with Gasteiger partial charge < -0.3 is 4.90 Å². The molecule has 24 heavy (non-hydrogen) atoms. The van der Waals surface area contributed by atoms with Gasteiger partial charge in [-0.1, -0.05) is 36.4 Å². The largest absolute Gasteiger partial charge is 0.311 e. The molecule has 2 nitrogen and oxygen atoms in total. The van der Waals surface area contributed by atoms with Crippen LogP contribution in [-0.4, -0.2) is 11.2 Å². The lowest BCUT2D eigenvalue weighted by molar-refractivity contribution is 0.0992. The molecule has 3 rings (SSSR count). The van der Waals surface area contributed by atoms with Crippen LogP contribution in [0.4, 0.5) is 17.1 Å². The van der Waals surface area contributed by atoms with Crippen LogP contribution in [0, 0.1) is 0 Å². The second-order valence-electron chi connectivity index (χ2n) is 5.53. The second kappa shape index (κ2) is 7.33. The van der Waals surface area contributed by atoms with Crippen LogP contribution in [0.1, 0.15) is 17.3 Å². The summed E-state index contributed by atoms with van der Waals surface area (Å²) in [7, 11) is 0. The highest BCUT2D eigenvalue weighted by Crippen LogP contribution is 2.34. The maximum atomic E-state index is 12.0. The van der Waals surface area contributed by atoms with E-state index in [2.05, 4.69) is 29.2 Å². The number of rotatable bonds is 5. The van der Waals surface area contributed by atoms with E-state index in [0.717, 1.165) is 17.1 Å². The SMILES string of the molecule is CC(Cl)C(=O)c1ccc(N(c2ccccc2)c2ccccc2)cc1. The van der Waals surface area contributed by atoms with Gasteiger partial charge in [-0.25, -0.2) is 0 Å². The molecule has 0 aliphatic heterocycles. The van der Waals surface area contributed by atoms with Crippen molar-refractivity contribution < 1.29 is 4.79 Å². The predicted octanol–water partition coefficient (Wildman–Crippen LogP) is 5.97. The van der Waals surface area contributed by atoms with Crippen LogP contribution in [0.3, 0.4) is 0 Å². The maximum Gasteiger partial charge on any atom is 0.180 e. The van der Waals surface area contributed by atoms with Crippen LogP contribution in [0.25, 0.3) is 0 Å². The third kappa shape index (κ3) is 3.50. The fraction of sp³-hybridized carbons (Fsp3) is 0.0952. The number of para-hydroxylation sites is 2. The van der Waals surface area contributed by atoms with Crippen molar-refractivity contribution in [3.05, 3.63) is 90.5 Å². The molecule has 3 aromatic carbocycles. The van der Waals surface area contributed by atoms with E-state index in [-0.39, 0.29) is 5.78 Å². The molecule has 3 heteroatoms. The van der Waals surface area contributed by atoms with Crippen molar-refractivity contribution in [3.63, 3.8) is 0 Å². The molecule has 0 fully saturated rings. The summed E-state index contributed by atoms with van der Waals surface area (Å²) >= 11 is 5.90. The Bertz CT molecular complexity index is 759. The third-order valence-electron chi connectivity index (χ3n) is 3.80. The number of nitrogens with zero attached hydrogens (tertiary/aromatic N) is 1. The Morgan fingerprint density at radius 1 is 0.750 bits per heavy atom. The van der Waals surface area contributed by atoms with Gasteiger partial charge >= 0.3 is 0 Å². The van der Waals surface area contributed by atoms with Crippen molar-refractivity contribution in [2.45, 2.75) is 12.3 Å². The first kappa shape index (κ1) is 16.3. The maximum absolute atomic E-state index is 12.0. The Labute approximate surface area is 147 Å². The molecule has 0 aliphatic rings. The van der Waals surface area contributed by atoms with Gasteiger partial charge in [-0.15, -0.1) is 11.6 Å². The zero-order valence-electron chi connectivity index (χ0n) is 13.4. The molecule has 1 atom stereocenters. The summed E-state index contributed by atoms with van der Waals surface area (Å²) in [4.78, 5) is 14.2. The Morgan fingerprint density at radius 2 is 1.17 bits per heavy atom. The van der Waals surface area contributed by atoms with E-state index in [0.29, 0.717) is 5.56 Å². The molecule has 0 bridgehead atoms. The van der Waals surface area contributed by atoms with Gasteiger partial charge in [-0.3, -0.25) is 4.79 Å². The number of benzene rings is 3. The highest BCUT2D eigenvalue weighted by molar-refractivity contribution is 6.33. The quantitative estimate of drug-likeness (QED) is 0.423. The lowest BCUT2D eigenvalue weighted by Crippen LogP contribution is -2.12. The first-order valence-electron chi connectivity index (χ1n) is 7.85. The number of hydrogen-bond donors (Lipinski definition) is 0. The van der Waals surface area contributed by atoms with E-state index >= 15 is 0 Å². The highest BCUT2D eigenvalue weighted by atomic mass is 35.5. The Morgan fingerprint density at radius 3 is 1.58 bits per heavy atom. The summed E-state index contributed by atoms with van der Waals surface area (Å²) in [6.45, 7) is 1.69. The monoisotopic (exact) mass is 335 g/mol. The molecule has 120 valence electrons. The van der Waals surface area contributed by atoms with Gasteiger partial charge in [0.15, 0.2) is 5.78 Å². The van der Waals surface area contributed by atoms with Crippen molar-refractivity contribution >= 4 is 34.4 Å². The molecule has 0 saturated heterocycles. The minimum absolute atomic E-state index is 0.0609. The summed E-state index contributed by atoms with van der Waals surface area (Å²) in [5.74, 6) is -0.0609. The predicted molar refractivity (Wildman–Crippen MR) is 101 cm³/mol. The zero-order chi connectivity index (χ0) is 16.9. The molecule has 0 aromatic heterocycles. The Hall–Kier alpha value is -2.58. The lowest BCUT2D eigenvalue weighted by Gasteiger charge is -2.25. The third-order valence-corrected chi connectivity index (χ3v) is 4.00. The summed E-state index contributed by atoms with van der Waals surface area (Å²) in [6, 6.07) is 27.9. The van der Waals surface area contributed by atoms with Crippen LogP contribution < -0.4 is 4.90 Å². The van der Waals surface area contributed by atoms with Crippen LogP contribution in [0.2, 0.25) is 0 Å². The van der Waals surface area contributed by atoms with Crippen LogP contribution in [0.5, 0.6) is 0 Å². The minimum Gasteiger partial charge on any atom is -0.311 e. The number of ketones is 1. The molecule has 0 spiro atoms. The van der Waals surface area contributed by atoms with E-state index < -0.39 is 5.38 Å². The fourth-order valence-electron chi connectivity index (χ4n) is 2.61. The second-order valence-corrected chi connectivity index (χ2v) is 6.19. The average molecular weight is 336 g/mol. The van der Waals surface area contributed by atoms with Crippen LogP contribution in [-0.2, 0) is 0 Å². The van der Waals surface area contributed by atoms with Gasteiger partial charge in [0.2, 0.25) is 0 Å². The minimum atomic E-state index is -0.518. The van der Waals surface area contributed by atoms with Gasteiger partial charge in [-0.05, 0) is 55.5 Å². The van der Waals surface area contributed by atoms with Gasteiger partial charge in [0, 0.05) is 22.6 Å². The number of halogens is 1. The molecule has 0 radical (unpaired) electrons. The Kier molecular flexibility index (Phi) is 4.97. The van der Waals surface area contributed by atoms with E-state index in [9.17, 15) is 4.79 Å². The number of alkyl halides is 1. The number of hydrogen-bond acceptors (Lipinski definition) is 2. The molecule has 1 unspecified atom stereocenters. The zero-order valence-corrected chi connectivity index (χ0v) is 14.1. The number of carbonyl (C=O) groups excluding carboxylic acids is 1. The molecule has 0 aliphatic carbocycles. The summed E-state index contributed by atoms with van der Waals surface area (Å²) in [5, 5.41) is -0.518. The molecule has 0 heterocycles. The fourth-order valence-corrected chi connectivity index (χ4v) is 2.73. The van der Waals surface area contributed by atoms with Gasteiger partial charge in [-0.2, -0.15) is 0 Å². The molecule has 0 saturated carbocycles. The van der Waals surface area contributed by atoms with Crippen molar-refractivity contribution in [1.29, 1.82) is 0 Å². The summed E-state index contributed by atoms with van der Waals surface area (Å²) in [5.41, 5.74) is 3.75. The number of Topliss-reactive ketones (excluding diaryl/α,β-unsaturated/α-hetero) is 1. The lowest BCUT2D eigenvalue weighted by atomic mass is 10.1. The molecular weight excluding hydrogens is 318 g/mol. The van der Waals surface area contributed by atoms with E-state index in [1.54, 1.807) is 6.92 Å². The van der Waals surface area contributed by atoms with Crippen LogP contribution >= 0.6 is 11.6 Å². The standard InChI is InChI=1S/C21H18ClNO/c1-16(22)21(24)17-12-14-20(15-13-17)23(18-8-4-2-5-9-18)19-10-6-3-7-11-19/h2-16H,1H3. The summed E-state index contributed by atoms with van der Waals surface area (Å²) in [6.07, 6.45) is 0. The van der Waals surface area contributed by atoms with Crippen molar-refractivity contribution in [2.75, 3.05) is 4.90 Å². The van der Waals surface area contributed by atoms with Crippen molar-refractivity contribution in [3.8, 4) is 0 Å². The van der Waals surface area contributed by atoms with Crippen LogP contribution in [0.15, 0.2) is 84.9 Å². The highest BCUT2D eigenvalue weighted by Gasteiger charge is 2.15. The number of anilines is 3. The topological polar surface area (TPSA) is 20.3 Å². The molecular formula is C21H18ClNO. The number of carbonyl (C=O) groups is 1. The Balaban J connectivity index is 2.02. The van der Waals surface area contributed by atoms with Gasteiger partial charge in [0.25, 0.3) is 0 Å². The van der Waals surface area contributed by atoms with E-state index in [1.807, 2.05) is 60.7 Å². The van der Waals surface area contributed by atoms with E-state index in [1.165, 1.54) is 0 Å². The smallest absolute Gasteiger partial charge is 0.180 e. The average Bonchev–Trinajstić information content (AvgIpc) is 2.64. The van der Waals surface area contributed by atoms with Gasteiger partial charge in [0.1, 0.15) is 0 Å². The van der Waals surface area contributed by atoms with Crippen molar-refractivity contribution in [1.82, 2.24) is 0 Å². The first-order chi connectivity index (χ1) is 11.7. The van der Waals surface area contributed by atoms with Gasteiger partial charge in [0.05, 0.1) is 5.38 Å². The normalized spacial score (nSPS) is 11.8. The van der Waals surface area contributed by atoms with E-state index in [4.69, 9.17) is 11.6 Å². The van der Waals surface area contributed by atoms with Crippen molar-refractivity contribution in [2.24, 2.45) is 0 Å². The summed E-state index contributed by atoms with van der Waals surface area (Å²) < 4.78 is 0. The molecule has 0 amide bonds. The molecule has 0 N–H and O–H groups in total. The molecule has 3 aromatic rings. The first-order valence-corrected chi connectivity index (χ1v) is 8.29.